The van der Waals surface area contributed by atoms with Crippen LogP contribution in [-0.4, -0.2) is 59.0 Å². The number of nitrogens with one attached hydrogen (secondary N) is 2. The molecule has 11 heteroatoms. The van der Waals surface area contributed by atoms with E-state index in [9.17, 15) is 14.9 Å². The van der Waals surface area contributed by atoms with Crippen LogP contribution in [0.15, 0.2) is 60.7 Å². The van der Waals surface area contributed by atoms with Crippen molar-refractivity contribution in [3.8, 4) is 23.0 Å². The fourth-order valence-corrected chi connectivity index (χ4v) is 4.15. The highest BCUT2D eigenvalue weighted by atomic mass is 16.6. The highest BCUT2D eigenvalue weighted by Gasteiger charge is 2.18. The van der Waals surface area contributed by atoms with Crippen LogP contribution in [0.4, 0.5) is 21.9 Å². The van der Waals surface area contributed by atoms with Crippen LogP contribution in [0, 0.1) is 10.1 Å². The van der Waals surface area contributed by atoms with Crippen LogP contribution in [0.25, 0.3) is 0 Å². The standard InChI is InChI=1S/C29H36N4O7/c1-37-25-14-8-21(19-27(25)39-3)7-5-16-30-17-6-18-32(23-10-12-24(13-11-23)33(35)36)29(34)31-22-9-15-26(38-2)28(20-22)40-4/h8-15,19-20,30H,5-7,16-18H2,1-4H3,(H,31,34). The Bertz CT molecular complexity index is 1270. The molecule has 0 bridgehead atoms. The lowest BCUT2D eigenvalue weighted by Crippen LogP contribution is -2.37. The van der Waals surface area contributed by atoms with Gasteiger partial charge in [-0.3, -0.25) is 15.0 Å². The van der Waals surface area contributed by atoms with Gasteiger partial charge in [0.2, 0.25) is 0 Å². The lowest BCUT2D eigenvalue weighted by molar-refractivity contribution is -0.384. The molecular formula is C29H36N4O7. The lowest BCUT2D eigenvalue weighted by Gasteiger charge is -2.23. The Hall–Kier alpha value is -4.51. The number of carbonyl (C=O) groups is 1. The van der Waals surface area contributed by atoms with E-state index in [1.165, 1.54) is 26.4 Å². The van der Waals surface area contributed by atoms with E-state index in [0.717, 1.165) is 24.9 Å². The fraction of sp³-hybridized carbons (Fsp3) is 0.345. The van der Waals surface area contributed by atoms with Gasteiger partial charge in [-0.1, -0.05) is 6.07 Å². The number of urea groups is 1. The second-order valence-corrected chi connectivity index (χ2v) is 8.82. The molecule has 40 heavy (non-hydrogen) atoms. The molecule has 0 aromatic heterocycles. The highest BCUT2D eigenvalue weighted by molar-refractivity contribution is 6.02. The van der Waals surface area contributed by atoms with Gasteiger partial charge in [-0.2, -0.15) is 0 Å². The number of benzene rings is 3. The maximum atomic E-state index is 13.3. The molecule has 0 unspecified atom stereocenters. The number of anilines is 2. The number of hydrogen-bond acceptors (Lipinski definition) is 8. The smallest absolute Gasteiger partial charge is 0.326 e. The van der Waals surface area contributed by atoms with Crippen LogP contribution in [0.1, 0.15) is 18.4 Å². The molecule has 3 aromatic carbocycles. The number of hydrogen-bond donors (Lipinski definition) is 2. The van der Waals surface area contributed by atoms with Crippen molar-refractivity contribution in [1.82, 2.24) is 5.32 Å². The van der Waals surface area contributed by atoms with Gasteiger partial charge in [-0.15, -0.1) is 0 Å². The molecule has 11 nitrogen and oxygen atoms in total. The Kier molecular flexibility index (Phi) is 11.4. The number of nitro benzene ring substituents is 1. The molecule has 2 N–H and O–H groups in total. The number of rotatable bonds is 15. The number of nitro groups is 1. The first kappa shape index (κ1) is 30.0. The number of amides is 2. The topological polar surface area (TPSA) is 124 Å². The normalized spacial score (nSPS) is 10.5. The molecule has 2 amide bonds. The quantitative estimate of drug-likeness (QED) is 0.148. The third kappa shape index (κ3) is 8.24. The molecule has 0 atom stereocenters. The van der Waals surface area contributed by atoms with E-state index >= 15 is 0 Å². The molecule has 214 valence electrons. The molecule has 0 radical (unpaired) electrons. The zero-order chi connectivity index (χ0) is 28.9. The van der Waals surface area contributed by atoms with Crippen molar-refractivity contribution in [1.29, 1.82) is 0 Å². The number of non-ortho nitro benzene ring substituents is 1. The summed E-state index contributed by atoms with van der Waals surface area (Å²) in [5.41, 5.74) is 2.20. The van der Waals surface area contributed by atoms with Gasteiger partial charge in [0.15, 0.2) is 23.0 Å². The Morgan fingerprint density at radius 2 is 1.40 bits per heavy atom. The van der Waals surface area contributed by atoms with Gasteiger partial charge >= 0.3 is 6.03 Å². The lowest BCUT2D eigenvalue weighted by atomic mass is 10.1. The molecule has 0 heterocycles. The molecule has 0 fully saturated rings. The number of carbonyl (C=O) groups excluding carboxylic acids is 1. The van der Waals surface area contributed by atoms with Crippen molar-refractivity contribution < 1.29 is 28.7 Å². The SMILES string of the molecule is COc1ccc(CCCNCCCN(C(=O)Nc2ccc(OC)c(OC)c2)c2ccc([N+](=O)[O-])cc2)cc1OC. The van der Waals surface area contributed by atoms with E-state index < -0.39 is 4.92 Å². The van der Waals surface area contributed by atoms with Gasteiger partial charge < -0.3 is 29.6 Å². The molecular weight excluding hydrogens is 516 g/mol. The van der Waals surface area contributed by atoms with Crippen LogP contribution in [-0.2, 0) is 6.42 Å². The zero-order valence-corrected chi connectivity index (χ0v) is 23.3. The summed E-state index contributed by atoms with van der Waals surface area (Å²) in [4.78, 5) is 25.5. The molecule has 3 rings (SSSR count). The van der Waals surface area contributed by atoms with E-state index in [1.807, 2.05) is 18.2 Å². The molecule has 0 spiro atoms. The van der Waals surface area contributed by atoms with Gasteiger partial charge in [-0.05, 0) is 74.3 Å². The minimum atomic E-state index is -0.468. The van der Waals surface area contributed by atoms with Crippen molar-refractivity contribution in [2.45, 2.75) is 19.3 Å². The number of ether oxygens (including phenoxy) is 4. The summed E-state index contributed by atoms with van der Waals surface area (Å²) in [6.45, 7) is 1.91. The Labute approximate surface area is 234 Å². The summed E-state index contributed by atoms with van der Waals surface area (Å²) in [7, 11) is 6.30. The summed E-state index contributed by atoms with van der Waals surface area (Å²) in [6, 6.07) is 16.6. The maximum absolute atomic E-state index is 13.3. The van der Waals surface area contributed by atoms with E-state index in [0.29, 0.717) is 53.9 Å². The first-order valence-electron chi connectivity index (χ1n) is 12.9. The minimum absolute atomic E-state index is 0.0415. The largest absolute Gasteiger partial charge is 0.493 e. The minimum Gasteiger partial charge on any atom is -0.493 e. The van der Waals surface area contributed by atoms with Gasteiger partial charge in [0, 0.05) is 36.1 Å². The average Bonchev–Trinajstić information content (AvgIpc) is 2.98. The van der Waals surface area contributed by atoms with E-state index in [2.05, 4.69) is 10.6 Å². The van der Waals surface area contributed by atoms with Crippen molar-refractivity contribution in [2.24, 2.45) is 0 Å². The summed E-state index contributed by atoms with van der Waals surface area (Å²) < 4.78 is 21.2. The summed E-state index contributed by atoms with van der Waals surface area (Å²) in [6.07, 6.45) is 2.49. The van der Waals surface area contributed by atoms with Crippen LogP contribution < -0.4 is 34.5 Å². The number of nitrogens with zero attached hydrogens (tertiary/aromatic N) is 2. The summed E-state index contributed by atoms with van der Waals surface area (Å²) >= 11 is 0. The van der Waals surface area contributed by atoms with Crippen LogP contribution in [0.5, 0.6) is 23.0 Å². The van der Waals surface area contributed by atoms with Crippen LogP contribution in [0.2, 0.25) is 0 Å². The van der Waals surface area contributed by atoms with Crippen molar-refractivity contribution >= 4 is 23.1 Å². The van der Waals surface area contributed by atoms with Gasteiger partial charge in [0.25, 0.3) is 5.69 Å². The first-order valence-corrected chi connectivity index (χ1v) is 12.9. The van der Waals surface area contributed by atoms with E-state index in [1.54, 1.807) is 49.5 Å². The molecule has 0 aliphatic carbocycles. The Morgan fingerprint density at radius 1 is 0.800 bits per heavy atom. The molecule has 0 aliphatic rings. The summed E-state index contributed by atoms with van der Waals surface area (Å²) in [5, 5.41) is 17.4. The van der Waals surface area contributed by atoms with Crippen molar-refractivity contribution in [2.75, 3.05) is 58.3 Å². The van der Waals surface area contributed by atoms with Crippen molar-refractivity contribution in [3.05, 3.63) is 76.3 Å². The third-order valence-corrected chi connectivity index (χ3v) is 6.25. The van der Waals surface area contributed by atoms with E-state index in [-0.39, 0.29) is 11.7 Å². The van der Waals surface area contributed by atoms with Crippen LogP contribution >= 0.6 is 0 Å². The zero-order valence-electron chi connectivity index (χ0n) is 23.3. The molecule has 0 aliphatic heterocycles. The number of aryl methyl sites for hydroxylation is 1. The van der Waals surface area contributed by atoms with Crippen LogP contribution in [0.3, 0.4) is 0 Å². The van der Waals surface area contributed by atoms with Gasteiger partial charge in [-0.25, -0.2) is 4.79 Å². The molecule has 0 saturated carbocycles. The predicted octanol–water partition coefficient (Wildman–Crippen LogP) is 5.28. The van der Waals surface area contributed by atoms with Gasteiger partial charge in [0.1, 0.15) is 0 Å². The van der Waals surface area contributed by atoms with Crippen molar-refractivity contribution in [3.63, 3.8) is 0 Å². The summed E-state index contributed by atoms with van der Waals surface area (Å²) in [5.74, 6) is 2.45. The number of methoxy groups -OCH3 is 4. The molecule has 3 aromatic rings. The maximum Gasteiger partial charge on any atom is 0.326 e. The highest BCUT2D eigenvalue weighted by Crippen LogP contribution is 2.30. The second-order valence-electron chi connectivity index (χ2n) is 8.82. The Balaban J connectivity index is 1.57. The average molecular weight is 553 g/mol. The fourth-order valence-electron chi connectivity index (χ4n) is 4.15. The third-order valence-electron chi connectivity index (χ3n) is 6.25. The first-order chi connectivity index (χ1) is 19.4. The van der Waals surface area contributed by atoms with E-state index in [4.69, 9.17) is 18.9 Å². The van der Waals surface area contributed by atoms with Gasteiger partial charge in [0.05, 0.1) is 33.4 Å². The second kappa shape index (κ2) is 15.2. The predicted molar refractivity (Wildman–Crippen MR) is 154 cm³/mol. The monoisotopic (exact) mass is 552 g/mol. The molecule has 0 saturated heterocycles. The Morgan fingerprint density at radius 3 is 2.02 bits per heavy atom.